The molecular weight excluding hydrogens is 389 g/mol. The van der Waals surface area contributed by atoms with Gasteiger partial charge in [-0.05, 0) is 42.3 Å². The van der Waals surface area contributed by atoms with E-state index >= 15 is 0 Å². The van der Waals surface area contributed by atoms with Crippen LogP contribution in [0.5, 0.6) is 0 Å². The molecule has 0 unspecified atom stereocenters. The average Bonchev–Trinajstić information content (AvgIpc) is 2.64. The molecule has 27 heavy (non-hydrogen) atoms. The summed E-state index contributed by atoms with van der Waals surface area (Å²) in [5, 5.41) is 3.40. The second kappa shape index (κ2) is 9.53. The van der Waals surface area contributed by atoms with Crippen molar-refractivity contribution in [2.24, 2.45) is 5.92 Å². The molecule has 2 rings (SSSR count). The third kappa shape index (κ3) is 5.81. The predicted octanol–water partition coefficient (Wildman–Crippen LogP) is 4.17. The molecule has 1 atom stereocenters. The number of carbonyl (C=O) groups excluding carboxylic acids is 3. The summed E-state index contributed by atoms with van der Waals surface area (Å²) >= 11 is 11.8. The van der Waals surface area contributed by atoms with Crippen molar-refractivity contribution < 1.29 is 19.1 Å². The summed E-state index contributed by atoms with van der Waals surface area (Å²) in [6.45, 7) is 3.10. The monoisotopic (exact) mass is 407 g/mol. The van der Waals surface area contributed by atoms with Crippen LogP contribution >= 0.6 is 23.2 Å². The van der Waals surface area contributed by atoms with E-state index in [0.29, 0.717) is 10.6 Å². The highest BCUT2D eigenvalue weighted by atomic mass is 35.5. The Morgan fingerprint density at radius 2 is 1.63 bits per heavy atom. The summed E-state index contributed by atoms with van der Waals surface area (Å²) in [7, 11) is 0. The number of nitrogens with one attached hydrogen (secondary N) is 1. The Morgan fingerprint density at radius 3 is 2.22 bits per heavy atom. The summed E-state index contributed by atoms with van der Waals surface area (Å²) in [5.74, 6) is -1.78. The van der Waals surface area contributed by atoms with Crippen LogP contribution in [0.25, 0.3) is 0 Å². The van der Waals surface area contributed by atoms with Gasteiger partial charge in [0.25, 0.3) is 5.91 Å². The lowest BCUT2D eigenvalue weighted by molar-refractivity contribution is -0.145. The van der Waals surface area contributed by atoms with E-state index in [1.54, 1.807) is 62.4 Å². The lowest BCUT2D eigenvalue weighted by Gasteiger charge is -2.21. The van der Waals surface area contributed by atoms with Crippen LogP contribution in [0, 0.1) is 5.92 Å². The van der Waals surface area contributed by atoms with Crippen molar-refractivity contribution in [3.63, 3.8) is 0 Å². The minimum Gasteiger partial charge on any atom is -0.456 e. The molecule has 2 aromatic carbocycles. The fourth-order valence-corrected chi connectivity index (χ4v) is 2.66. The second-order valence-electron chi connectivity index (χ2n) is 6.21. The Balaban J connectivity index is 2.00. The normalized spacial score (nSPS) is 11.7. The van der Waals surface area contributed by atoms with Crippen molar-refractivity contribution in [3.05, 3.63) is 69.7 Å². The van der Waals surface area contributed by atoms with Crippen LogP contribution in [0.2, 0.25) is 10.0 Å². The summed E-state index contributed by atoms with van der Waals surface area (Å²) in [6, 6.07) is 11.9. The van der Waals surface area contributed by atoms with Crippen LogP contribution in [-0.2, 0) is 9.53 Å². The van der Waals surface area contributed by atoms with Crippen LogP contribution in [0.1, 0.15) is 34.6 Å². The Hall–Kier alpha value is -2.37. The topological polar surface area (TPSA) is 72.5 Å². The molecule has 0 heterocycles. The van der Waals surface area contributed by atoms with Gasteiger partial charge in [-0.3, -0.25) is 9.59 Å². The first-order valence-electron chi connectivity index (χ1n) is 8.30. The molecule has 0 aromatic heterocycles. The largest absolute Gasteiger partial charge is 0.456 e. The van der Waals surface area contributed by atoms with E-state index in [2.05, 4.69) is 5.32 Å². The molecule has 7 heteroatoms. The molecule has 1 N–H and O–H groups in total. The lowest BCUT2D eigenvalue weighted by Crippen LogP contribution is -2.45. The fraction of sp³-hybridized carbons (Fsp3) is 0.250. The number of halogens is 2. The fourth-order valence-electron chi connectivity index (χ4n) is 2.31. The highest BCUT2D eigenvalue weighted by molar-refractivity contribution is 6.33. The molecule has 0 saturated heterocycles. The van der Waals surface area contributed by atoms with E-state index in [0.717, 1.165) is 0 Å². The van der Waals surface area contributed by atoms with E-state index in [1.807, 2.05) is 0 Å². The number of hydrogen-bond acceptors (Lipinski definition) is 4. The average molecular weight is 408 g/mol. The Bertz CT molecular complexity index is 834. The van der Waals surface area contributed by atoms with Gasteiger partial charge in [0.15, 0.2) is 12.4 Å². The molecule has 0 saturated carbocycles. The van der Waals surface area contributed by atoms with Crippen molar-refractivity contribution in [1.82, 2.24) is 5.32 Å². The van der Waals surface area contributed by atoms with Crippen LogP contribution < -0.4 is 5.32 Å². The summed E-state index contributed by atoms with van der Waals surface area (Å²) in [5.41, 5.74) is 0.642. The van der Waals surface area contributed by atoms with Gasteiger partial charge >= 0.3 is 5.97 Å². The van der Waals surface area contributed by atoms with Gasteiger partial charge in [-0.15, -0.1) is 0 Å². The van der Waals surface area contributed by atoms with Gasteiger partial charge in [0.1, 0.15) is 6.04 Å². The number of hydrogen-bond donors (Lipinski definition) is 1. The van der Waals surface area contributed by atoms with E-state index in [4.69, 9.17) is 27.9 Å². The van der Waals surface area contributed by atoms with Gasteiger partial charge in [-0.25, -0.2) is 4.79 Å². The van der Waals surface area contributed by atoms with E-state index in [-0.39, 0.29) is 22.3 Å². The van der Waals surface area contributed by atoms with Crippen molar-refractivity contribution in [3.8, 4) is 0 Å². The molecule has 2 aromatic rings. The second-order valence-corrected chi connectivity index (χ2v) is 7.06. The first kappa shape index (κ1) is 20.9. The molecule has 0 radical (unpaired) electrons. The smallest absolute Gasteiger partial charge is 0.329 e. The number of amides is 1. The first-order valence-corrected chi connectivity index (χ1v) is 9.06. The van der Waals surface area contributed by atoms with Crippen LogP contribution in [0.3, 0.4) is 0 Å². The molecule has 0 fully saturated rings. The molecule has 0 aliphatic heterocycles. The number of ketones is 1. The highest BCUT2D eigenvalue weighted by Crippen LogP contribution is 2.16. The maximum atomic E-state index is 12.4. The number of ether oxygens (including phenoxy) is 1. The van der Waals surface area contributed by atoms with Crippen LogP contribution in [-0.4, -0.2) is 30.3 Å². The molecule has 142 valence electrons. The minimum absolute atomic E-state index is 0.241. The molecule has 0 aliphatic carbocycles. The Labute approximate surface area is 167 Å². The Kier molecular flexibility index (Phi) is 7.39. The van der Waals surface area contributed by atoms with E-state index < -0.39 is 24.5 Å². The van der Waals surface area contributed by atoms with Crippen molar-refractivity contribution in [1.29, 1.82) is 0 Å². The minimum atomic E-state index is -0.910. The van der Waals surface area contributed by atoms with Crippen LogP contribution in [0.4, 0.5) is 0 Å². The lowest BCUT2D eigenvalue weighted by atomic mass is 10.0. The third-order valence-electron chi connectivity index (χ3n) is 3.84. The number of esters is 1. The molecule has 1 amide bonds. The number of benzene rings is 2. The van der Waals surface area contributed by atoms with Gasteiger partial charge < -0.3 is 10.1 Å². The van der Waals surface area contributed by atoms with Gasteiger partial charge in [-0.1, -0.05) is 49.2 Å². The van der Waals surface area contributed by atoms with Crippen LogP contribution in [0.15, 0.2) is 48.5 Å². The van der Waals surface area contributed by atoms with Crippen molar-refractivity contribution in [2.45, 2.75) is 19.9 Å². The molecule has 5 nitrogen and oxygen atoms in total. The number of Topliss-reactive ketones (excluding diaryl/α,β-unsaturated/α-hetero) is 1. The standard InChI is InChI=1S/C20H19Cl2NO4/c1-12(2)18(23-19(25)15-5-3-4-6-16(15)22)20(26)27-11-17(24)13-7-9-14(21)10-8-13/h3-10,12,18H,11H2,1-2H3,(H,23,25)/t18-/m0/s1. The molecular formula is C20H19Cl2NO4. The summed E-state index contributed by atoms with van der Waals surface area (Å²) in [4.78, 5) is 36.9. The van der Waals surface area contributed by atoms with Gasteiger partial charge in [0.2, 0.25) is 0 Å². The zero-order chi connectivity index (χ0) is 20.0. The first-order chi connectivity index (χ1) is 12.8. The highest BCUT2D eigenvalue weighted by Gasteiger charge is 2.27. The SMILES string of the molecule is CC(C)[C@H](NC(=O)c1ccccc1Cl)C(=O)OCC(=O)c1ccc(Cl)cc1. The molecule has 0 bridgehead atoms. The van der Waals surface area contributed by atoms with E-state index in [1.165, 1.54) is 0 Å². The number of carbonyl (C=O) groups is 3. The molecule has 0 aliphatic rings. The predicted molar refractivity (Wildman–Crippen MR) is 104 cm³/mol. The quantitative estimate of drug-likeness (QED) is 0.551. The summed E-state index contributed by atoms with van der Waals surface area (Å²) < 4.78 is 5.11. The van der Waals surface area contributed by atoms with Crippen molar-refractivity contribution >= 4 is 40.9 Å². The number of rotatable bonds is 7. The Morgan fingerprint density at radius 1 is 1.00 bits per heavy atom. The zero-order valence-corrected chi connectivity index (χ0v) is 16.4. The molecule has 0 spiro atoms. The third-order valence-corrected chi connectivity index (χ3v) is 4.42. The van der Waals surface area contributed by atoms with Gasteiger partial charge in [0, 0.05) is 10.6 Å². The summed E-state index contributed by atoms with van der Waals surface area (Å²) in [6.07, 6.45) is 0. The van der Waals surface area contributed by atoms with Gasteiger partial charge in [0.05, 0.1) is 10.6 Å². The zero-order valence-electron chi connectivity index (χ0n) is 14.9. The maximum Gasteiger partial charge on any atom is 0.329 e. The van der Waals surface area contributed by atoms with E-state index in [9.17, 15) is 14.4 Å². The van der Waals surface area contributed by atoms with Crippen molar-refractivity contribution in [2.75, 3.05) is 6.61 Å². The van der Waals surface area contributed by atoms with Gasteiger partial charge in [-0.2, -0.15) is 0 Å². The maximum absolute atomic E-state index is 12.4.